The highest BCUT2D eigenvalue weighted by Crippen LogP contribution is 2.31. The zero-order valence-electron chi connectivity index (χ0n) is 11.6. The minimum Gasteiger partial charge on any atom is -0.314 e. The third-order valence-electron chi connectivity index (χ3n) is 3.46. The molecule has 114 valence electrons. The Labute approximate surface area is 135 Å². The third kappa shape index (κ3) is 2.79. The first kappa shape index (κ1) is 15.1. The molecule has 1 aliphatic heterocycles. The molecule has 1 aliphatic rings. The summed E-state index contributed by atoms with van der Waals surface area (Å²) in [5.41, 5.74) is 0.913. The van der Waals surface area contributed by atoms with E-state index in [1.807, 2.05) is 11.5 Å². The number of fused-ring (bicyclic) bond motifs is 1. The van der Waals surface area contributed by atoms with Crippen LogP contribution in [0.1, 0.15) is 36.6 Å². The van der Waals surface area contributed by atoms with Crippen LogP contribution < -0.4 is 4.72 Å². The van der Waals surface area contributed by atoms with Gasteiger partial charge in [-0.15, -0.1) is 21.5 Å². The number of rotatable bonds is 4. The topological polar surface area (TPSA) is 76.9 Å². The van der Waals surface area contributed by atoms with E-state index in [4.69, 9.17) is 0 Å². The van der Waals surface area contributed by atoms with Gasteiger partial charge < -0.3 is 4.57 Å². The van der Waals surface area contributed by atoms with Crippen LogP contribution in [0.5, 0.6) is 0 Å². The van der Waals surface area contributed by atoms with Crippen molar-refractivity contribution in [1.29, 1.82) is 0 Å². The second-order valence-electron chi connectivity index (χ2n) is 5.09. The molecule has 0 amide bonds. The molecular weight excluding hydrogens is 376 g/mol. The Morgan fingerprint density at radius 3 is 2.90 bits per heavy atom. The van der Waals surface area contributed by atoms with Gasteiger partial charge in [0.15, 0.2) is 5.82 Å². The normalized spacial score (nSPS) is 16.1. The lowest BCUT2D eigenvalue weighted by Gasteiger charge is -2.13. The summed E-state index contributed by atoms with van der Waals surface area (Å²) in [6, 6.07) is 1.26. The Hall–Kier alpha value is -0.770. The first-order chi connectivity index (χ1) is 9.88. The SMILES string of the molecule is Cc1cc(S(=O)(=O)NC(C)c2nnc3n2CCC3)sc1Br. The Kier molecular flexibility index (Phi) is 3.93. The van der Waals surface area contributed by atoms with Gasteiger partial charge >= 0.3 is 0 Å². The van der Waals surface area contributed by atoms with E-state index in [2.05, 4.69) is 30.8 Å². The van der Waals surface area contributed by atoms with E-state index in [0.29, 0.717) is 10.0 Å². The van der Waals surface area contributed by atoms with Crippen molar-refractivity contribution in [1.82, 2.24) is 19.5 Å². The molecule has 0 fully saturated rings. The minimum atomic E-state index is -3.55. The van der Waals surface area contributed by atoms with Gasteiger partial charge in [0, 0.05) is 13.0 Å². The van der Waals surface area contributed by atoms with Crippen molar-refractivity contribution in [3.63, 3.8) is 0 Å². The van der Waals surface area contributed by atoms with Crippen molar-refractivity contribution in [2.45, 2.75) is 43.5 Å². The van der Waals surface area contributed by atoms with Crippen LogP contribution in [-0.4, -0.2) is 23.2 Å². The maximum atomic E-state index is 12.4. The van der Waals surface area contributed by atoms with Crippen molar-refractivity contribution in [3.8, 4) is 0 Å². The van der Waals surface area contributed by atoms with Crippen molar-refractivity contribution < 1.29 is 8.42 Å². The molecule has 0 aliphatic carbocycles. The highest BCUT2D eigenvalue weighted by Gasteiger charge is 2.26. The van der Waals surface area contributed by atoms with Crippen LogP contribution in [0.4, 0.5) is 0 Å². The summed E-state index contributed by atoms with van der Waals surface area (Å²) in [5.74, 6) is 1.61. The molecule has 0 aromatic carbocycles. The van der Waals surface area contributed by atoms with Crippen LogP contribution in [0.2, 0.25) is 0 Å². The highest BCUT2D eigenvalue weighted by atomic mass is 79.9. The van der Waals surface area contributed by atoms with Gasteiger partial charge in [-0.1, -0.05) is 0 Å². The molecular formula is C12H15BrN4O2S2. The van der Waals surface area contributed by atoms with Crippen LogP contribution in [-0.2, 0) is 23.0 Å². The van der Waals surface area contributed by atoms with Gasteiger partial charge in [0.05, 0.1) is 9.83 Å². The summed E-state index contributed by atoms with van der Waals surface area (Å²) >= 11 is 4.56. The highest BCUT2D eigenvalue weighted by molar-refractivity contribution is 9.11. The van der Waals surface area contributed by atoms with Crippen LogP contribution >= 0.6 is 27.3 Å². The standard InChI is InChI=1S/C12H15BrN4O2S2/c1-7-6-10(20-11(7)13)21(18,19)16-8(2)12-15-14-9-4-3-5-17(9)12/h6,8,16H,3-5H2,1-2H3. The van der Waals surface area contributed by atoms with E-state index in [1.54, 1.807) is 13.0 Å². The molecule has 0 saturated heterocycles. The quantitative estimate of drug-likeness (QED) is 0.869. The number of aromatic nitrogens is 3. The lowest BCUT2D eigenvalue weighted by molar-refractivity contribution is 0.548. The summed E-state index contributed by atoms with van der Waals surface area (Å²) in [6.45, 7) is 4.52. The molecule has 0 saturated carbocycles. The van der Waals surface area contributed by atoms with Crippen molar-refractivity contribution in [3.05, 3.63) is 27.1 Å². The van der Waals surface area contributed by atoms with Gasteiger partial charge in [-0.3, -0.25) is 0 Å². The van der Waals surface area contributed by atoms with Crippen LogP contribution in [0.25, 0.3) is 0 Å². The summed E-state index contributed by atoms with van der Waals surface area (Å²) in [7, 11) is -3.55. The fourth-order valence-electron chi connectivity index (χ4n) is 2.40. The monoisotopic (exact) mass is 390 g/mol. The van der Waals surface area contributed by atoms with Gasteiger partial charge in [-0.25, -0.2) is 13.1 Å². The second kappa shape index (κ2) is 5.45. The lowest BCUT2D eigenvalue weighted by atomic mass is 10.3. The maximum Gasteiger partial charge on any atom is 0.250 e. The number of thiophene rings is 1. The molecule has 1 unspecified atom stereocenters. The van der Waals surface area contributed by atoms with Crippen molar-refractivity contribution >= 4 is 37.3 Å². The predicted molar refractivity (Wildman–Crippen MR) is 83.8 cm³/mol. The number of nitrogens with one attached hydrogen (secondary N) is 1. The fraction of sp³-hybridized carbons (Fsp3) is 0.500. The van der Waals surface area contributed by atoms with Gasteiger partial charge in [0.2, 0.25) is 0 Å². The van der Waals surface area contributed by atoms with Crippen LogP contribution in [0, 0.1) is 6.92 Å². The van der Waals surface area contributed by atoms with Crippen molar-refractivity contribution in [2.75, 3.05) is 0 Å². The third-order valence-corrected chi connectivity index (χ3v) is 7.61. The van der Waals surface area contributed by atoms with E-state index in [-0.39, 0.29) is 0 Å². The molecule has 1 N–H and O–H groups in total. The van der Waals surface area contributed by atoms with E-state index in [0.717, 1.165) is 34.6 Å². The summed E-state index contributed by atoms with van der Waals surface area (Å²) in [4.78, 5) is 0. The first-order valence-electron chi connectivity index (χ1n) is 6.59. The van der Waals surface area contributed by atoms with E-state index in [9.17, 15) is 8.42 Å². The van der Waals surface area contributed by atoms with Crippen molar-refractivity contribution in [2.24, 2.45) is 0 Å². The average Bonchev–Trinajstić information content (AvgIpc) is 3.05. The smallest absolute Gasteiger partial charge is 0.250 e. The Morgan fingerprint density at radius 2 is 2.24 bits per heavy atom. The average molecular weight is 391 g/mol. The van der Waals surface area contributed by atoms with Gasteiger partial charge in [0.1, 0.15) is 10.0 Å². The van der Waals surface area contributed by atoms with Gasteiger partial charge in [-0.2, -0.15) is 0 Å². The van der Waals surface area contributed by atoms with E-state index < -0.39 is 16.1 Å². The van der Waals surface area contributed by atoms with Gasteiger partial charge in [-0.05, 0) is 47.8 Å². The summed E-state index contributed by atoms with van der Waals surface area (Å²) in [5, 5.41) is 8.23. The summed E-state index contributed by atoms with van der Waals surface area (Å²) in [6.07, 6.45) is 1.94. The molecule has 0 radical (unpaired) electrons. The fourth-order valence-corrected chi connectivity index (χ4v) is 5.84. The molecule has 0 spiro atoms. The number of sulfonamides is 1. The zero-order chi connectivity index (χ0) is 15.2. The summed E-state index contributed by atoms with van der Waals surface area (Å²) < 4.78 is 30.7. The molecule has 0 bridgehead atoms. The maximum absolute atomic E-state index is 12.4. The lowest BCUT2D eigenvalue weighted by Crippen LogP contribution is -2.28. The zero-order valence-corrected chi connectivity index (χ0v) is 14.8. The Bertz CT molecular complexity index is 762. The van der Waals surface area contributed by atoms with E-state index >= 15 is 0 Å². The molecule has 21 heavy (non-hydrogen) atoms. The molecule has 6 nitrogen and oxygen atoms in total. The number of halogens is 1. The molecule has 2 aromatic rings. The van der Waals surface area contributed by atoms with Crippen LogP contribution in [0.15, 0.2) is 14.1 Å². The first-order valence-corrected chi connectivity index (χ1v) is 9.68. The number of aryl methyl sites for hydroxylation is 2. The van der Waals surface area contributed by atoms with Gasteiger partial charge in [0.25, 0.3) is 10.0 Å². The number of hydrogen-bond acceptors (Lipinski definition) is 5. The molecule has 3 rings (SSSR count). The Morgan fingerprint density at radius 1 is 1.48 bits per heavy atom. The number of hydrogen-bond donors (Lipinski definition) is 1. The minimum absolute atomic E-state index is 0.305. The molecule has 2 aromatic heterocycles. The van der Waals surface area contributed by atoms with Crippen LogP contribution in [0.3, 0.4) is 0 Å². The second-order valence-corrected chi connectivity index (χ2v) is 9.41. The number of nitrogens with zero attached hydrogens (tertiary/aromatic N) is 3. The molecule has 9 heteroatoms. The predicted octanol–water partition coefficient (Wildman–Crippen LogP) is 2.40. The van der Waals surface area contributed by atoms with E-state index in [1.165, 1.54) is 11.3 Å². The largest absolute Gasteiger partial charge is 0.314 e. The molecule has 1 atom stereocenters. The molecule has 3 heterocycles. The Balaban J connectivity index is 1.85.